The number of nitrogens with zero attached hydrogens (tertiary/aromatic N) is 3. The molecular weight excluding hydrogens is 486 g/mol. The van der Waals surface area contributed by atoms with Crippen LogP contribution in [0.1, 0.15) is 25.3 Å². The average Bonchev–Trinajstić information content (AvgIpc) is 3.38. The highest BCUT2D eigenvalue weighted by Crippen LogP contribution is 2.35. The minimum atomic E-state index is -0.968. The molecule has 1 aromatic heterocycles. The van der Waals surface area contributed by atoms with Gasteiger partial charge in [-0.3, -0.25) is 14.5 Å². The Hall–Kier alpha value is -2.88. The first kappa shape index (κ1) is 24.3. The SMILES string of the molecule is CCCSc1ccc(-c2nn(-c3ccccc3)cc2/C=C2\SC(=S)N(CCC(=O)O)C2=O)cc1. The van der Waals surface area contributed by atoms with Gasteiger partial charge in [-0.1, -0.05) is 61.2 Å². The van der Waals surface area contributed by atoms with Crippen LogP contribution in [0.2, 0.25) is 0 Å². The maximum absolute atomic E-state index is 12.9. The smallest absolute Gasteiger partial charge is 0.305 e. The number of hydrogen-bond acceptors (Lipinski definition) is 6. The lowest BCUT2D eigenvalue weighted by molar-refractivity contribution is -0.137. The highest BCUT2D eigenvalue weighted by Gasteiger charge is 2.32. The summed E-state index contributed by atoms with van der Waals surface area (Å²) in [7, 11) is 0. The Morgan fingerprint density at radius 2 is 1.91 bits per heavy atom. The monoisotopic (exact) mass is 509 g/mol. The zero-order chi connectivity index (χ0) is 24.1. The van der Waals surface area contributed by atoms with Gasteiger partial charge in [0.25, 0.3) is 5.91 Å². The third-order valence-corrected chi connectivity index (χ3v) is 7.67. The summed E-state index contributed by atoms with van der Waals surface area (Å²) >= 11 is 8.33. The lowest BCUT2D eigenvalue weighted by atomic mass is 10.1. The molecule has 1 amide bonds. The first-order valence-corrected chi connectivity index (χ1v) is 13.0. The summed E-state index contributed by atoms with van der Waals surface area (Å²) in [4.78, 5) is 26.9. The number of benzene rings is 2. The number of hydrogen-bond donors (Lipinski definition) is 1. The lowest BCUT2D eigenvalue weighted by Crippen LogP contribution is -2.30. The number of aromatic nitrogens is 2. The zero-order valence-corrected chi connectivity index (χ0v) is 21.0. The van der Waals surface area contributed by atoms with Crippen LogP contribution in [0.25, 0.3) is 23.0 Å². The Bertz CT molecular complexity index is 1240. The Kier molecular flexibility index (Phi) is 7.87. The second-order valence-corrected chi connectivity index (χ2v) is 10.4. The molecule has 2 heterocycles. The van der Waals surface area contributed by atoms with Gasteiger partial charge >= 0.3 is 5.97 Å². The van der Waals surface area contributed by atoms with Gasteiger partial charge < -0.3 is 5.11 Å². The van der Waals surface area contributed by atoms with Gasteiger partial charge in [-0.25, -0.2) is 4.68 Å². The molecule has 3 aromatic rings. The van der Waals surface area contributed by atoms with Gasteiger partial charge in [-0.2, -0.15) is 5.10 Å². The van der Waals surface area contributed by atoms with Crippen molar-refractivity contribution in [2.75, 3.05) is 12.3 Å². The quantitative estimate of drug-likeness (QED) is 0.225. The zero-order valence-electron chi connectivity index (χ0n) is 18.5. The van der Waals surface area contributed by atoms with Crippen molar-refractivity contribution in [1.82, 2.24) is 14.7 Å². The summed E-state index contributed by atoms with van der Waals surface area (Å²) < 4.78 is 2.17. The highest BCUT2D eigenvalue weighted by molar-refractivity contribution is 8.26. The Labute approximate surface area is 212 Å². The van der Waals surface area contributed by atoms with Crippen molar-refractivity contribution in [3.8, 4) is 16.9 Å². The number of carboxylic acids is 1. The second-order valence-electron chi connectivity index (χ2n) is 7.56. The number of aliphatic carboxylic acids is 1. The molecular formula is C25H23N3O3S3. The van der Waals surface area contributed by atoms with E-state index in [1.807, 2.05) is 60.4 Å². The van der Waals surface area contributed by atoms with E-state index in [1.54, 1.807) is 10.8 Å². The number of thiocarbonyl (C=S) groups is 1. The van der Waals surface area contributed by atoms with Crippen molar-refractivity contribution in [2.45, 2.75) is 24.7 Å². The maximum atomic E-state index is 12.9. The molecule has 1 aliphatic rings. The number of amides is 1. The van der Waals surface area contributed by atoms with E-state index >= 15 is 0 Å². The van der Waals surface area contributed by atoms with E-state index in [0.29, 0.717) is 9.23 Å². The van der Waals surface area contributed by atoms with Crippen LogP contribution in [0.5, 0.6) is 0 Å². The van der Waals surface area contributed by atoms with Crippen LogP contribution >= 0.6 is 35.7 Å². The Balaban J connectivity index is 1.70. The van der Waals surface area contributed by atoms with Crippen molar-refractivity contribution in [1.29, 1.82) is 0 Å². The standard InChI is InChI=1S/C25H23N3O3S3/c1-2-14-33-20-10-8-17(9-11-20)23-18(16-28(26-23)19-6-4-3-5-7-19)15-21-24(31)27(25(32)34-21)13-12-22(29)30/h3-11,15-16H,2,12-14H2,1H3,(H,29,30)/b21-15-. The molecule has 6 nitrogen and oxygen atoms in total. The number of carbonyl (C=O) groups excluding carboxylic acids is 1. The first-order chi connectivity index (χ1) is 16.5. The molecule has 0 bridgehead atoms. The van der Waals surface area contributed by atoms with Crippen LogP contribution in [0.15, 0.2) is 70.6 Å². The molecule has 1 fully saturated rings. The van der Waals surface area contributed by atoms with Crippen molar-refractivity contribution in [3.05, 3.63) is 71.3 Å². The molecule has 174 valence electrons. The predicted molar refractivity (Wildman–Crippen MR) is 142 cm³/mol. The van der Waals surface area contributed by atoms with E-state index in [9.17, 15) is 9.59 Å². The van der Waals surface area contributed by atoms with Gasteiger partial charge in [-0.05, 0) is 42.5 Å². The number of rotatable bonds is 9. The third-order valence-electron chi connectivity index (χ3n) is 5.07. The van der Waals surface area contributed by atoms with Crippen LogP contribution in [-0.2, 0) is 9.59 Å². The van der Waals surface area contributed by atoms with Crippen LogP contribution < -0.4 is 0 Å². The van der Waals surface area contributed by atoms with Gasteiger partial charge in [0.2, 0.25) is 0 Å². The molecule has 34 heavy (non-hydrogen) atoms. The first-order valence-electron chi connectivity index (χ1n) is 10.8. The summed E-state index contributed by atoms with van der Waals surface area (Å²) in [6.07, 6.45) is 4.65. The van der Waals surface area contributed by atoms with Crippen molar-refractivity contribution < 1.29 is 14.7 Å². The van der Waals surface area contributed by atoms with Crippen molar-refractivity contribution in [3.63, 3.8) is 0 Å². The fourth-order valence-corrected chi connectivity index (χ4v) is 5.47. The number of carbonyl (C=O) groups is 2. The van der Waals surface area contributed by atoms with E-state index in [0.717, 1.165) is 34.7 Å². The minimum Gasteiger partial charge on any atom is -0.481 e. The van der Waals surface area contributed by atoms with Gasteiger partial charge in [0, 0.05) is 28.8 Å². The van der Waals surface area contributed by atoms with Crippen LogP contribution in [0.4, 0.5) is 0 Å². The molecule has 1 N–H and O–H groups in total. The molecule has 2 aromatic carbocycles. The Morgan fingerprint density at radius 3 is 2.59 bits per heavy atom. The number of thioether (sulfide) groups is 2. The molecule has 0 spiro atoms. The average molecular weight is 510 g/mol. The largest absolute Gasteiger partial charge is 0.481 e. The van der Waals surface area contributed by atoms with E-state index in [4.69, 9.17) is 22.4 Å². The van der Waals surface area contributed by atoms with Crippen molar-refractivity contribution >= 4 is 58.0 Å². The summed E-state index contributed by atoms with van der Waals surface area (Å²) in [6.45, 7) is 2.22. The molecule has 0 radical (unpaired) electrons. The van der Waals surface area contributed by atoms with Crippen LogP contribution in [0.3, 0.4) is 0 Å². The summed E-state index contributed by atoms with van der Waals surface area (Å²) in [6, 6.07) is 18.1. The van der Waals surface area contributed by atoms with Gasteiger partial charge in [-0.15, -0.1) is 11.8 Å². The molecule has 0 unspecified atom stereocenters. The molecule has 1 aliphatic heterocycles. The summed E-state index contributed by atoms with van der Waals surface area (Å²) in [5, 5.41) is 13.8. The molecule has 0 atom stereocenters. The second kappa shape index (κ2) is 11.0. The van der Waals surface area contributed by atoms with Gasteiger partial charge in [0.05, 0.1) is 22.7 Å². The van der Waals surface area contributed by atoms with E-state index in [2.05, 4.69) is 19.1 Å². The lowest BCUT2D eigenvalue weighted by Gasteiger charge is -2.12. The molecule has 1 saturated heterocycles. The van der Waals surface area contributed by atoms with E-state index < -0.39 is 5.97 Å². The predicted octanol–water partition coefficient (Wildman–Crippen LogP) is 5.72. The van der Waals surface area contributed by atoms with Gasteiger partial charge in [0.1, 0.15) is 4.32 Å². The van der Waals surface area contributed by atoms with E-state index in [-0.39, 0.29) is 18.9 Å². The Morgan fingerprint density at radius 1 is 1.18 bits per heavy atom. The van der Waals surface area contributed by atoms with Crippen LogP contribution in [-0.4, -0.2) is 48.3 Å². The third kappa shape index (κ3) is 5.60. The van der Waals surface area contributed by atoms with Crippen molar-refractivity contribution in [2.24, 2.45) is 0 Å². The normalized spacial score (nSPS) is 14.9. The summed E-state index contributed by atoms with van der Waals surface area (Å²) in [5.74, 6) is -0.178. The number of carboxylic acid groups (broad SMARTS) is 1. The van der Waals surface area contributed by atoms with Gasteiger partial charge in [0.15, 0.2) is 0 Å². The maximum Gasteiger partial charge on any atom is 0.305 e. The fourth-order valence-electron chi connectivity index (χ4n) is 3.40. The molecule has 0 aliphatic carbocycles. The summed E-state index contributed by atoms with van der Waals surface area (Å²) in [5.41, 5.74) is 3.40. The van der Waals surface area contributed by atoms with E-state index in [1.165, 1.54) is 21.6 Å². The fraction of sp³-hybridized carbons (Fsp3) is 0.200. The number of para-hydroxylation sites is 1. The van der Waals surface area contributed by atoms with Crippen LogP contribution in [0, 0.1) is 0 Å². The molecule has 9 heteroatoms. The highest BCUT2D eigenvalue weighted by atomic mass is 32.2. The minimum absolute atomic E-state index is 0.0599. The molecule has 4 rings (SSSR count). The molecule has 0 saturated carbocycles. The topological polar surface area (TPSA) is 75.4 Å².